The van der Waals surface area contributed by atoms with Crippen LogP contribution in [-0.4, -0.2) is 37.8 Å². The first-order chi connectivity index (χ1) is 11.9. The summed E-state index contributed by atoms with van der Waals surface area (Å²) >= 11 is 0. The average Bonchev–Trinajstić information content (AvgIpc) is 2.66. The summed E-state index contributed by atoms with van der Waals surface area (Å²) < 4.78 is 5.84. The Morgan fingerprint density at radius 1 is 0.917 bits per heavy atom. The van der Waals surface area contributed by atoms with Crippen molar-refractivity contribution >= 4 is 5.82 Å². The molecule has 4 nitrogen and oxygen atoms in total. The van der Waals surface area contributed by atoms with E-state index in [4.69, 9.17) is 4.74 Å². The smallest absolute Gasteiger partial charge is 0.215 e. The zero-order valence-corrected chi connectivity index (χ0v) is 14.3. The molecule has 1 N–H and O–H groups in total. The first-order valence-corrected chi connectivity index (χ1v) is 9.01. The largest absolute Gasteiger partial charge is 0.478 e. The first-order valence-electron chi connectivity index (χ1n) is 9.01. The molecule has 4 heteroatoms. The molecule has 1 aliphatic rings. The number of nitrogens with one attached hydrogen (secondary N) is 1. The number of aryl methyl sites for hydroxylation is 1. The Bertz CT molecular complexity index is 597. The fraction of sp³-hybridized carbons (Fsp3) is 0.450. The van der Waals surface area contributed by atoms with E-state index < -0.39 is 0 Å². The van der Waals surface area contributed by atoms with Crippen molar-refractivity contribution in [1.29, 1.82) is 0 Å². The van der Waals surface area contributed by atoms with E-state index in [0.717, 1.165) is 57.3 Å². The van der Waals surface area contributed by atoms with Gasteiger partial charge in [0.25, 0.3) is 0 Å². The Morgan fingerprint density at radius 2 is 1.75 bits per heavy atom. The van der Waals surface area contributed by atoms with Crippen molar-refractivity contribution in [3.05, 3.63) is 54.1 Å². The molecule has 1 aliphatic heterocycles. The molecule has 0 spiro atoms. The van der Waals surface area contributed by atoms with Crippen molar-refractivity contribution in [2.24, 2.45) is 0 Å². The average molecular weight is 325 g/mol. The van der Waals surface area contributed by atoms with E-state index in [1.54, 1.807) is 0 Å². The zero-order valence-electron chi connectivity index (χ0n) is 14.3. The summed E-state index contributed by atoms with van der Waals surface area (Å²) in [5, 5.41) is 3.36. The third-order valence-electron chi connectivity index (χ3n) is 4.35. The first kappa shape index (κ1) is 16.8. The van der Waals surface area contributed by atoms with Crippen LogP contribution in [0.25, 0.3) is 0 Å². The van der Waals surface area contributed by atoms with Gasteiger partial charge in [-0.2, -0.15) is 4.98 Å². The Balaban J connectivity index is 1.36. The second-order valence-corrected chi connectivity index (χ2v) is 6.22. The van der Waals surface area contributed by atoms with Crippen LogP contribution < -0.4 is 15.0 Å². The highest BCUT2D eigenvalue weighted by molar-refractivity contribution is 5.41. The monoisotopic (exact) mass is 325 g/mol. The maximum absolute atomic E-state index is 5.84. The zero-order chi connectivity index (χ0) is 16.5. The Labute approximate surface area is 144 Å². The minimum absolute atomic E-state index is 0.743. The van der Waals surface area contributed by atoms with Gasteiger partial charge in [-0.25, -0.2) is 0 Å². The van der Waals surface area contributed by atoms with Crippen molar-refractivity contribution in [2.45, 2.75) is 25.7 Å². The van der Waals surface area contributed by atoms with E-state index in [-0.39, 0.29) is 0 Å². The third kappa shape index (κ3) is 5.24. The number of pyridine rings is 1. The van der Waals surface area contributed by atoms with Gasteiger partial charge in [0, 0.05) is 32.2 Å². The number of anilines is 1. The van der Waals surface area contributed by atoms with E-state index in [2.05, 4.69) is 51.6 Å². The van der Waals surface area contributed by atoms with Gasteiger partial charge in [-0.05, 0) is 37.3 Å². The molecule has 1 aromatic carbocycles. The fourth-order valence-electron chi connectivity index (χ4n) is 2.98. The van der Waals surface area contributed by atoms with Crippen LogP contribution in [0.4, 0.5) is 5.82 Å². The highest BCUT2D eigenvalue weighted by atomic mass is 16.5. The minimum Gasteiger partial charge on any atom is -0.478 e. The van der Waals surface area contributed by atoms with Gasteiger partial charge >= 0.3 is 0 Å². The molecule has 1 fully saturated rings. The van der Waals surface area contributed by atoms with Crippen molar-refractivity contribution < 1.29 is 4.74 Å². The van der Waals surface area contributed by atoms with Gasteiger partial charge in [0.15, 0.2) is 0 Å². The highest BCUT2D eigenvalue weighted by Crippen LogP contribution is 2.16. The van der Waals surface area contributed by atoms with E-state index in [0.29, 0.717) is 0 Å². The molecule has 1 aromatic heterocycles. The number of benzene rings is 1. The van der Waals surface area contributed by atoms with Gasteiger partial charge in [0.05, 0.1) is 6.61 Å². The SMILES string of the molecule is c1ccc(CCCCCOc2cccc(N3CCNCC3)n2)cc1. The normalized spacial score (nSPS) is 14.6. The topological polar surface area (TPSA) is 37.4 Å². The Kier molecular flexibility index (Phi) is 6.49. The number of ether oxygens (including phenoxy) is 1. The van der Waals surface area contributed by atoms with Gasteiger partial charge in [-0.1, -0.05) is 36.4 Å². The molecule has 1 saturated heterocycles. The lowest BCUT2D eigenvalue weighted by Gasteiger charge is -2.28. The van der Waals surface area contributed by atoms with Gasteiger partial charge in [0.1, 0.15) is 5.82 Å². The minimum atomic E-state index is 0.743. The number of rotatable bonds is 8. The highest BCUT2D eigenvalue weighted by Gasteiger charge is 2.11. The predicted molar refractivity (Wildman–Crippen MR) is 98.8 cm³/mol. The van der Waals surface area contributed by atoms with E-state index in [9.17, 15) is 0 Å². The van der Waals surface area contributed by atoms with Crippen LogP contribution in [0.15, 0.2) is 48.5 Å². The van der Waals surface area contributed by atoms with Crippen LogP contribution in [0.2, 0.25) is 0 Å². The molecule has 24 heavy (non-hydrogen) atoms. The van der Waals surface area contributed by atoms with Crippen molar-refractivity contribution in [3.63, 3.8) is 0 Å². The molecule has 0 saturated carbocycles. The summed E-state index contributed by atoms with van der Waals surface area (Å²) in [4.78, 5) is 6.95. The molecule has 0 aliphatic carbocycles. The molecule has 0 unspecified atom stereocenters. The Hall–Kier alpha value is -2.07. The lowest BCUT2D eigenvalue weighted by molar-refractivity contribution is 0.294. The second kappa shape index (κ2) is 9.28. The molecule has 0 bridgehead atoms. The molecule has 3 rings (SSSR count). The summed E-state index contributed by atoms with van der Waals surface area (Å²) in [7, 11) is 0. The number of hydrogen-bond acceptors (Lipinski definition) is 4. The second-order valence-electron chi connectivity index (χ2n) is 6.22. The molecule has 0 atom stereocenters. The van der Waals surface area contributed by atoms with Crippen LogP contribution in [0.5, 0.6) is 5.88 Å². The number of piperazine rings is 1. The van der Waals surface area contributed by atoms with Gasteiger partial charge < -0.3 is 15.0 Å². The number of hydrogen-bond donors (Lipinski definition) is 1. The fourth-order valence-corrected chi connectivity index (χ4v) is 2.98. The van der Waals surface area contributed by atoms with Gasteiger partial charge in [0.2, 0.25) is 5.88 Å². The molecule has 128 valence electrons. The van der Waals surface area contributed by atoms with Crippen LogP contribution in [0.1, 0.15) is 24.8 Å². The summed E-state index contributed by atoms with van der Waals surface area (Å²) in [5.74, 6) is 1.77. The van der Waals surface area contributed by atoms with Crippen molar-refractivity contribution in [1.82, 2.24) is 10.3 Å². The Morgan fingerprint density at radius 3 is 2.58 bits per heavy atom. The predicted octanol–water partition coefficient (Wildman–Crippen LogP) is 3.28. The molecular weight excluding hydrogens is 298 g/mol. The quantitative estimate of drug-likeness (QED) is 0.756. The van der Waals surface area contributed by atoms with Crippen LogP contribution in [-0.2, 0) is 6.42 Å². The molecule has 2 heterocycles. The summed E-state index contributed by atoms with van der Waals surface area (Å²) in [6.45, 7) is 4.81. The molecule has 0 amide bonds. The summed E-state index contributed by atoms with van der Waals surface area (Å²) in [6, 6.07) is 16.7. The number of unbranched alkanes of at least 4 members (excludes halogenated alkanes) is 2. The van der Waals surface area contributed by atoms with E-state index in [1.165, 1.54) is 18.4 Å². The maximum atomic E-state index is 5.84. The number of nitrogens with zero attached hydrogens (tertiary/aromatic N) is 2. The lowest BCUT2D eigenvalue weighted by Crippen LogP contribution is -2.43. The maximum Gasteiger partial charge on any atom is 0.215 e. The molecule has 0 radical (unpaired) electrons. The van der Waals surface area contributed by atoms with Crippen LogP contribution >= 0.6 is 0 Å². The standard InChI is InChI=1S/C20H27N3O/c1-3-8-18(9-4-1)10-5-2-6-17-24-20-12-7-11-19(22-20)23-15-13-21-14-16-23/h1,3-4,7-9,11-12,21H,2,5-6,10,13-17H2. The van der Waals surface area contributed by atoms with E-state index in [1.807, 2.05) is 12.1 Å². The van der Waals surface area contributed by atoms with E-state index >= 15 is 0 Å². The van der Waals surface area contributed by atoms with Gasteiger partial charge in [-0.3, -0.25) is 0 Å². The molecule has 2 aromatic rings. The third-order valence-corrected chi connectivity index (χ3v) is 4.35. The molecular formula is C20H27N3O. The summed E-state index contributed by atoms with van der Waals surface area (Å²) in [5.41, 5.74) is 1.42. The lowest BCUT2D eigenvalue weighted by atomic mass is 10.1. The van der Waals surface area contributed by atoms with Crippen LogP contribution in [0.3, 0.4) is 0 Å². The van der Waals surface area contributed by atoms with Crippen molar-refractivity contribution in [2.75, 3.05) is 37.7 Å². The van der Waals surface area contributed by atoms with Gasteiger partial charge in [-0.15, -0.1) is 0 Å². The number of aromatic nitrogens is 1. The van der Waals surface area contributed by atoms with Crippen molar-refractivity contribution in [3.8, 4) is 5.88 Å². The van der Waals surface area contributed by atoms with Crippen LogP contribution in [0, 0.1) is 0 Å². The summed E-state index contributed by atoms with van der Waals surface area (Å²) in [6.07, 6.45) is 4.62.